The van der Waals surface area contributed by atoms with Gasteiger partial charge in [0.15, 0.2) is 11.5 Å². The summed E-state index contributed by atoms with van der Waals surface area (Å²) < 4.78 is 10.8. The highest BCUT2D eigenvalue weighted by Crippen LogP contribution is 2.28. The number of thiophene rings is 1. The second-order valence-corrected chi connectivity index (χ2v) is 5.66. The molecule has 2 rings (SSSR count). The van der Waals surface area contributed by atoms with E-state index >= 15 is 0 Å². The summed E-state index contributed by atoms with van der Waals surface area (Å²) >= 11 is 1.62. The second kappa shape index (κ2) is 7.66. The van der Waals surface area contributed by atoms with Crippen LogP contribution in [-0.4, -0.2) is 19.6 Å². The fourth-order valence-corrected chi connectivity index (χ4v) is 2.70. The molecule has 0 unspecified atom stereocenters. The van der Waals surface area contributed by atoms with E-state index in [1.807, 2.05) is 24.4 Å². The summed E-state index contributed by atoms with van der Waals surface area (Å²) in [7, 11) is 1.55. The Kier molecular flexibility index (Phi) is 5.61. The average molecular weight is 317 g/mol. The van der Waals surface area contributed by atoms with Crippen LogP contribution in [0.4, 0.5) is 0 Å². The molecule has 0 aliphatic carbocycles. The molecule has 0 saturated carbocycles. The van der Waals surface area contributed by atoms with Gasteiger partial charge in [0.2, 0.25) is 0 Å². The third-order valence-electron chi connectivity index (χ3n) is 3.10. The first-order valence-electron chi connectivity index (χ1n) is 6.91. The number of ether oxygens (including phenoxy) is 2. The van der Waals surface area contributed by atoms with E-state index in [9.17, 15) is 4.79 Å². The van der Waals surface area contributed by atoms with E-state index in [4.69, 9.17) is 9.47 Å². The van der Waals surface area contributed by atoms with Gasteiger partial charge in [-0.1, -0.05) is 18.7 Å². The van der Waals surface area contributed by atoms with Crippen LogP contribution >= 0.6 is 11.3 Å². The molecular weight excluding hydrogens is 298 g/mol. The molecule has 1 heterocycles. The van der Waals surface area contributed by atoms with Crippen LogP contribution in [0.3, 0.4) is 0 Å². The third kappa shape index (κ3) is 3.89. The maximum Gasteiger partial charge on any atom is 0.251 e. The van der Waals surface area contributed by atoms with Crippen molar-refractivity contribution in [1.29, 1.82) is 0 Å². The minimum absolute atomic E-state index is 0.0322. The van der Waals surface area contributed by atoms with Gasteiger partial charge in [-0.25, -0.2) is 0 Å². The molecule has 116 valence electrons. The third-order valence-corrected chi connectivity index (χ3v) is 4.16. The highest BCUT2D eigenvalue weighted by molar-refractivity contribution is 7.10. The lowest BCUT2D eigenvalue weighted by atomic mass is 10.1. The molecular formula is C17H19NO3S. The first kappa shape index (κ1) is 16.1. The van der Waals surface area contributed by atoms with Crippen LogP contribution in [-0.2, 0) is 0 Å². The van der Waals surface area contributed by atoms with Crippen LogP contribution in [0, 0.1) is 0 Å². The number of amides is 1. The largest absolute Gasteiger partial charge is 0.493 e. The van der Waals surface area contributed by atoms with E-state index in [1.165, 1.54) is 0 Å². The summed E-state index contributed by atoms with van der Waals surface area (Å²) in [5, 5.41) is 4.96. The average Bonchev–Trinajstić information content (AvgIpc) is 3.07. The molecule has 4 nitrogen and oxygen atoms in total. The molecule has 1 atom stereocenters. The van der Waals surface area contributed by atoms with Gasteiger partial charge in [-0.05, 0) is 36.6 Å². The number of hydrogen-bond donors (Lipinski definition) is 1. The van der Waals surface area contributed by atoms with Crippen LogP contribution in [0.25, 0.3) is 0 Å². The van der Waals surface area contributed by atoms with Gasteiger partial charge in [-0.2, -0.15) is 0 Å². The highest BCUT2D eigenvalue weighted by Gasteiger charge is 2.14. The number of methoxy groups -OCH3 is 1. The zero-order valence-electron chi connectivity index (χ0n) is 12.7. The smallest absolute Gasteiger partial charge is 0.251 e. The Morgan fingerprint density at radius 2 is 2.23 bits per heavy atom. The number of carbonyl (C=O) groups excluding carboxylic acids is 1. The van der Waals surface area contributed by atoms with Crippen molar-refractivity contribution < 1.29 is 14.3 Å². The van der Waals surface area contributed by atoms with Crippen LogP contribution in [0.15, 0.2) is 48.4 Å². The van der Waals surface area contributed by atoms with Gasteiger partial charge < -0.3 is 14.8 Å². The molecule has 0 saturated heterocycles. The fourth-order valence-electron chi connectivity index (χ4n) is 1.97. The quantitative estimate of drug-likeness (QED) is 0.790. The number of nitrogens with one attached hydrogen (secondary N) is 1. The summed E-state index contributed by atoms with van der Waals surface area (Å²) in [5.74, 6) is 0.970. The van der Waals surface area contributed by atoms with Crippen LogP contribution in [0.5, 0.6) is 11.5 Å². The van der Waals surface area contributed by atoms with Crippen molar-refractivity contribution in [3.05, 3.63) is 58.8 Å². The molecule has 22 heavy (non-hydrogen) atoms. The second-order valence-electron chi connectivity index (χ2n) is 4.68. The molecule has 0 spiro atoms. The van der Waals surface area contributed by atoms with Crippen molar-refractivity contribution in [3.8, 4) is 11.5 Å². The minimum Gasteiger partial charge on any atom is -0.493 e. The van der Waals surface area contributed by atoms with Gasteiger partial charge in [0.1, 0.15) is 6.61 Å². The van der Waals surface area contributed by atoms with Gasteiger partial charge in [-0.15, -0.1) is 11.3 Å². The van der Waals surface area contributed by atoms with E-state index in [-0.39, 0.29) is 11.9 Å². The fraction of sp³-hybridized carbons (Fsp3) is 0.235. The minimum atomic E-state index is -0.144. The molecule has 0 aliphatic heterocycles. The molecule has 0 fully saturated rings. The molecule has 1 amide bonds. The van der Waals surface area contributed by atoms with Crippen molar-refractivity contribution in [3.63, 3.8) is 0 Å². The van der Waals surface area contributed by atoms with Gasteiger partial charge in [0.05, 0.1) is 13.2 Å². The monoisotopic (exact) mass is 317 g/mol. The highest BCUT2D eigenvalue weighted by atomic mass is 32.1. The Bertz CT molecular complexity index is 637. The molecule has 2 aromatic rings. The number of benzene rings is 1. The van der Waals surface area contributed by atoms with E-state index < -0.39 is 0 Å². The van der Waals surface area contributed by atoms with Crippen molar-refractivity contribution in [2.24, 2.45) is 0 Å². The standard InChI is InChI=1S/C17H19NO3S/c1-4-9-21-14-8-7-13(11-15(14)20-3)17(19)18-12(2)16-6-5-10-22-16/h4-8,10-12H,1,9H2,2-3H3,(H,18,19)/t12-/m1/s1. The predicted molar refractivity (Wildman–Crippen MR) is 88.9 cm³/mol. The van der Waals surface area contributed by atoms with Crippen LogP contribution in [0.2, 0.25) is 0 Å². The lowest BCUT2D eigenvalue weighted by Gasteiger charge is -2.14. The first-order chi connectivity index (χ1) is 10.7. The molecule has 0 radical (unpaired) electrons. The molecule has 5 heteroatoms. The van der Waals surface area contributed by atoms with Gasteiger partial charge in [-0.3, -0.25) is 4.79 Å². The van der Waals surface area contributed by atoms with Gasteiger partial charge in [0.25, 0.3) is 5.91 Å². The van der Waals surface area contributed by atoms with E-state index in [1.54, 1.807) is 42.7 Å². The lowest BCUT2D eigenvalue weighted by Crippen LogP contribution is -2.26. The molecule has 0 aliphatic rings. The van der Waals surface area contributed by atoms with Crippen molar-refractivity contribution in [2.45, 2.75) is 13.0 Å². The molecule has 1 aromatic heterocycles. The Labute approximate surface area is 134 Å². The summed E-state index contributed by atoms with van der Waals surface area (Å²) in [5.41, 5.74) is 0.534. The van der Waals surface area contributed by atoms with Gasteiger partial charge >= 0.3 is 0 Å². The Morgan fingerprint density at radius 3 is 2.86 bits per heavy atom. The lowest BCUT2D eigenvalue weighted by molar-refractivity contribution is 0.0940. The Hall–Kier alpha value is -2.27. The number of carbonyl (C=O) groups is 1. The zero-order chi connectivity index (χ0) is 15.9. The Morgan fingerprint density at radius 1 is 1.41 bits per heavy atom. The Balaban J connectivity index is 2.11. The summed E-state index contributed by atoms with van der Waals surface area (Å²) in [4.78, 5) is 13.4. The van der Waals surface area contributed by atoms with Gasteiger partial charge in [0, 0.05) is 10.4 Å². The normalized spacial score (nSPS) is 11.5. The van der Waals surface area contributed by atoms with Crippen LogP contribution < -0.4 is 14.8 Å². The SMILES string of the molecule is C=CCOc1ccc(C(=O)N[C@H](C)c2cccs2)cc1OC. The van der Waals surface area contributed by atoms with Crippen molar-refractivity contribution in [1.82, 2.24) is 5.32 Å². The topological polar surface area (TPSA) is 47.6 Å². The first-order valence-corrected chi connectivity index (χ1v) is 7.79. The number of rotatable bonds is 7. The molecule has 0 bridgehead atoms. The maximum absolute atomic E-state index is 12.3. The number of hydrogen-bond acceptors (Lipinski definition) is 4. The zero-order valence-corrected chi connectivity index (χ0v) is 13.5. The summed E-state index contributed by atoms with van der Waals surface area (Å²) in [6, 6.07) is 9.06. The van der Waals surface area contributed by atoms with E-state index in [2.05, 4.69) is 11.9 Å². The molecule has 1 N–H and O–H groups in total. The van der Waals surface area contributed by atoms with Crippen molar-refractivity contribution in [2.75, 3.05) is 13.7 Å². The summed E-state index contributed by atoms with van der Waals surface area (Å²) in [6.45, 7) is 5.95. The maximum atomic E-state index is 12.3. The van der Waals surface area contributed by atoms with Crippen LogP contribution in [0.1, 0.15) is 28.2 Å². The van der Waals surface area contributed by atoms with Crippen molar-refractivity contribution >= 4 is 17.2 Å². The molecule has 1 aromatic carbocycles. The summed E-state index contributed by atoms with van der Waals surface area (Å²) in [6.07, 6.45) is 1.66. The van der Waals surface area contributed by atoms with E-state index in [0.29, 0.717) is 23.7 Å². The van der Waals surface area contributed by atoms with E-state index in [0.717, 1.165) is 4.88 Å². The predicted octanol–water partition coefficient (Wildman–Crippen LogP) is 3.81.